The van der Waals surface area contributed by atoms with Crippen LogP contribution in [0.4, 0.5) is 0 Å². The highest BCUT2D eigenvalue weighted by atomic mass is 16.5. The second-order valence-electron chi connectivity index (χ2n) is 4.74. The molecule has 0 aliphatic rings. The summed E-state index contributed by atoms with van der Waals surface area (Å²) in [7, 11) is 0. The number of hydrogen-bond donors (Lipinski definition) is 0. The number of imidazole rings is 1. The number of esters is 1. The van der Waals surface area contributed by atoms with E-state index in [1.807, 2.05) is 29.7 Å². The molecule has 104 valence electrons. The van der Waals surface area contributed by atoms with Crippen molar-refractivity contribution in [3.63, 3.8) is 0 Å². The van der Waals surface area contributed by atoms with Crippen LogP contribution in [0.1, 0.15) is 24.0 Å². The second-order valence-corrected chi connectivity index (χ2v) is 4.74. The Hall–Kier alpha value is -2.36. The number of ether oxygens (including phenoxy) is 1. The minimum Gasteiger partial charge on any atom is -0.454 e. The molecule has 20 heavy (non-hydrogen) atoms. The van der Waals surface area contributed by atoms with Gasteiger partial charge in [0, 0.05) is 24.0 Å². The maximum absolute atomic E-state index is 11.4. The Bertz CT molecular complexity index is 615. The Kier molecular flexibility index (Phi) is 4.35. The third-order valence-electron chi connectivity index (χ3n) is 3.00. The van der Waals surface area contributed by atoms with Gasteiger partial charge >= 0.3 is 5.97 Å². The van der Waals surface area contributed by atoms with Gasteiger partial charge in [0.2, 0.25) is 0 Å². The predicted molar refractivity (Wildman–Crippen MR) is 77.1 cm³/mol. The molecule has 0 saturated carbocycles. The molecule has 1 aromatic heterocycles. The van der Waals surface area contributed by atoms with E-state index in [9.17, 15) is 4.79 Å². The first-order chi connectivity index (χ1) is 9.58. The summed E-state index contributed by atoms with van der Waals surface area (Å²) in [5.74, 6) is 0.345. The Morgan fingerprint density at radius 1 is 1.35 bits per heavy atom. The van der Waals surface area contributed by atoms with E-state index >= 15 is 0 Å². The van der Waals surface area contributed by atoms with Crippen LogP contribution < -0.4 is 0 Å². The van der Waals surface area contributed by atoms with E-state index in [2.05, 4.69) is 23.7 Å². The molecule has 1 aromatic carbocycles. The first-order valence-electron chi connectivity index (χ1n) is 6.45. The van der Waals surface area contributed by atoms with Gasteiger partial charge in [-0.3, -0.25) is 0 Å². The van der Waals surface area contributed by atoms with Crippen molar-refractivity contribution in [2.75, 3.05) is 0 Å². The maximum Gasteiger partial charge on any atom is 0.333 e. The molecule has 4 nitrogen and oxygen atoms in total. The van der Waals surface area contributed by atoms with E-state index in [4.69, 9.17) is 4.74 Å². The van der Waals surface area contributed by atoms with Crippen LogP contribution in [-0.2, 0) is 22.7 Å². The first kappa shape index (κ1) is 14.1. The van der Waals surface area contributed by atoms with E-state index < -0.39 is 5.97 Å². The van der Waals surface area contributed by atoms with E-state index in [0.717, 1.165) is 11.5 Å². The number of nitrogens with zero attached hydrogens (tertiary/aromatic N) is 2. The lowest BCUT2D eigenvalue weighted by Gasteiger charge is -2.10. The van der Waals surface area contributed by atoms with Crippen molar-refractivity contribution in [2.45, 2.75) is 27.0 Å². The molecule has 0 amide bonds. The molecule has 0 aliphatic carbocycles. The Balaban J connectivity index is 2.11. The van der Waals surface area contributed by atoms with E-state index in [0.29, 0.717) is 12.1 Å². The molecular formula is C16H18N2O2. The lowest BCUT2D eigenvalue weighted by molar-refractivity contribution is -0.140. The van der Waals surface area contributed by atoms with Crippen molar-refractivity contribution < 1.29 is 9.53 Å². The molecule has 0 saturated heterocycles. The van der Waals surface area contributed by atoms with Crippen molar-refractivity contribution in [1.82, 2.24) is 9.55 Å². The first-order valence-corrected chi connectivity index (χ1v) is 6.45. The zero-order valence-corrected chi connectivity index (χ0v) is 11.8. The number of rotatable bonds is 5. The molecule has 0 fully saturated rings. The molecule has 0 unspecified atom stereocenters. The summed E-state index contributed by atoms with van der Waals surface area (Å²) in [6.45, 7) is 8.05. The van der Waals surface area contributed by atoms with Crippen LogP contribution >= 0.6 is 0 Å². The van der Waals surface area contributed by atoms with Crippen LogP contribution in [0.25, 0.3) is 0 Å². The van der Waals surface area contributed by atoms with Gasteiger partial charge in [-0.1, -0.05) is 36.9 Å². The highest BCUT2D eigenvalue weighted by Crippen LogP contribution is 2.11. The van der Waals surface area contributed by atoms with Gasteiger partial charge in [-0.25, -0.2) is 9.78 Å². The second kappa shape index (κ2) is 6.19. The summed E-state index contributed by atoms with van der Waals surface area (Å²) >= 11 is 0. The van der Waals surface area contributed by atoms with Crippen LogP contribution in [0.3, 0.4) is 0 Å². The van der Waals surface area contributed by atoms with Crippen LogP contribution in [0.15, 0.2) is 48.7 Å². The number of carbonyl (C=O) groups excluding carboxylic acids is 1. The molecular weight excluding hydrogens is 252 g/mol. The van der Waals surface area contributed by atoms with Crippen LogP contribution in [0, 0.1) is 6.92 Å². The standard InChI is InChI=1S/C16H18N2O2/c1-12(2)16(19)20-11-15-17-9-13(3)18(15)10-14-7-5-4-6-8-14/h4-9H,1,10-11H2,2-3H3. The van der Waals surface area contributed by atoms with Crippen molar-refractivity contribution in [3.05, 3.63) is 65.8 Å². The molecule has 0 aliphatic heterocycles. The molecule has 2 aromatic rings. The van der Waals surface area contributed by atoms with Gasteiger partial charge in [-0.05, 0) is 19.4 Å². The average molecular weight is 270 g/mol. The van der Waals surface area contributed by atoms with Gasteiger partial charge in [-0.15, -0.1) is 0 Å². The summed E-state index contributed by atoms with van der Waals surface area (Å²) in [5, 5.41) is 0. The lowest BCUT2D eigenvalue weighted by Crippen LogP contribution is -2.11. The summed E-state index contributed by atoms with van der Waals surface area (Å²) < 4.78 is 7.20. The fourth-order valence-corrected chi connectivity index (χ4v) is 1.86. The fourth-order valence-electron chi connectivity index (χ4n) is 1.86. The summed E-state index contributed by atoms with van der Waals surface area (Å²) in [6.07, 6.45) is 1.78. The SMILES string of the molecule is C=C(C)C(=O)OCc1ncc(C)n1Cc1ccccc1. The Morgan fingerprint density at radius 2 is 2.05 bits per heavy atom. The third kappa shape index (κ3) is 3.35. The fraction of sp³-hybridized carbons (Fsp3) is 0.250. The normalized spacial score (nSPS) is 10.3. The van der Waals surface area contributed by atoms with Crippen LogP contribution in [-0.4, -0.2) is 15.5 Å². The van der Waals surface area contributed by atoms with Gasteiger partial charge in [-0.2, -0.15) is 0 Å². The monoisotopic (exact) mass is 270 g/mol. The minimum absolute atomic E-state index is 0.159. The van der Waals surface area contributed by atoms with Gasteiger partial charge < -0.3 is 9.30 Å². The largest absolute Gasteiger partial charge is 0.454 e. The summed E-state index contributed by atoms with van der Waals surface area (Å²) in [4.78, 5) is 15.7. The van der Waals surface area contributed by atoms with E-state index in [1.165, 1.54) is 5.56 Å². The number of benzene rings is 1. The molecule has 0 bridgehead atoms. The smallest absolute Gasteiger partial charge is 0.333 e. The summed E-state index contributed by atoms with van der Waals surface area (Å²) in [5.41, 5.74) is 2.61. The quantitative estimate of drug-likeness (QED) is 0.620. The minimum atomic E-state index is -0.392. The average Bonchev–Trinajstić information content (AvgIpc) is 2.78. The molecule has 2 rings (SSSR count). The van der Waals surface area contributed by atoms with Crippen LogP contribution in [0.5, 0.6) is 0 Å². The topological polar surface area (TPSA) is 44.1 Å². The lowest BCUT2D eigenvalue weighted by atomic mass is 10.2. The number of aryl methyl sites for hydroxylation is 1. The number of aromatic nitrogens is 2. The molecule has 1 heterocycles. The van der Waals surface area contributed by atoms with Gasteiger partial charge in [0.05, 0.1) is 0 Å². The molecule has 4 heteroatoms. The van der Waals surface area contributed by atoms with Crippen molar-refractivity contribution in [3.8, 4) is 0 Å². The zero-order valence-electron chi connectivity index (χ0n) is 11.8. The van der Waals surface area contributed by atoms with E-state index in [1.54, 1.807) is 13.1 Å². The van der Waals surface area contributed by atoms with Crippen molar-refractivity contribution in [1.29, 1.82) is 0 Å². The molecule has 0 atom stereocenters. The third-order valence-corrected chi connectivity index (χ3v) is 3.00. The van der Waals surface area contributed by atoms with Gasteiger partial charge in [0.1, 0.15) is 12.4 Å². The Labute approximate surface area is 118 Å². The van der Waals surface area contributed by atoms with Gasteiger partial charge in [0.15, 0.2) is 0 Å². The zero-order chi connectivity index (χ0) is 14.5. The van der Waals surface area contributed by atoms with Crippen molar-refractivity contribution >= 4 is 5.97 Å². The van der Waals surface area contributed by atoms with Gasteiger partial charge in [0.25, 0.3) is 0 Å². The molecule has 0 spiro atoms. The Morgan fingerprint density at radius 3 is 2.70 bits per heavy atom. The molecule has 0 radical (unpaired) electrons. The number of hydrogen-bond acceptors (Lipinski definition) is 3. The van der Waals surface area contributed by atoms with Crippen LogP contribution in [0.2, 0.25) is 0 Å². The van der Waals surface area contributed by atoms with Crippen molar-refractivity contribution in [2.24, 2.45) is 0 Å². The highest BCUT2D eigenvalue weighted by molar-refractivity contribution is 5.86. The molecule has 0 N–H and O–H groups in total. The number of carbonyl (C=O) groups is 1. The predicted octanol–water partition coefficient (Wildman–Crippen LogP) is 2.86. The maximum atomic E-state index is 11.4. The van der Waals surface area contributed by atoms with E-state index in [-0.39, 0.29) is 6.61 Å². The highest BCUT2D eigenvalue weighted by Gasteiger charge is 2.10. The summed E-state index contributed by atoms with van der Waals surface area (Å²) in [6, 6.07) is 10.1.